The first-order chi connectivity index (χ1) is 9.88. The maximum absolute atomic E-state index is 13.3. The Morgan fingerprint density at radius 1 is 1.10 bits per heavy atom. The van der Waals surface area contributed by atoms with Gasteiger partial charge in [0.05, 0.1) is 0 Å². The number of amides is 1. The topological polar surface area (TPSA) is 58.4 Å². The lowest BCUT2D eigenvalue weighted by atomic mass is 10.1. The summed E-state index contributed by atoms with van der Waals surface area (Å²) in [5.41, 5.74) is 5.94. The lowest BCUT2D eigenvalue weighted by molar-refractivity contribution is 0.102. The van der Waals surface area contributed by atoms with Crippen molar-refractivity contribution in [1.82, 2.24) is 0 Å². The average Bonchev–Trinajstić information content (AvgIpc) is 2.44. The largest absolute Gasteiger partial charge is 0.394 e. The Balaban J connectivity index is 2.18. The summed E-state index contributed by atoms with van der Waals surface area (Å²) in [7, 11) is 3.79. The molecule has 2 rings (SSSR count). The molecule has 0 saturated carbocycles. The van der Waals surface area contributed by atoms with Crippen molar-refractivity contribution in [3.05, 3.63) is 53.6 Å². The fraction of sp³-hybridized carbons (Fsp3) is 0.133. The van der Waals surface area contributed by atoms with Crippen LogP contribution in [0, 0.1) is 11.6 Å². The first kappa shape index (κ1) is 14.8. The smallest absolute Gasteiger partial charge is 0.255 e. The molecule has 0 aliphatic heterocycles. The zero-order valence-electron chi connectivity index (χ0n) is 11.7. The highest BCUT2D eigenvalue weighted by atomic mass is 19.1. The lowest BCUT2D eigenvalue weighted by Gasteiger charge is -2.13. The minimum atomic E-state index is -0.955. The second-order valence-electron chi connectivity index (χ2n) is 4.75. The van der Waals surface area contributed by atoms with Gasteiger partial charge in [-0.1, -0.05) is 0 Å². The third-order valence-corrected chi connectivity index (χ3v) is 2.98. The summed E-state index contributed by atoms with van der Waals surface area (Å²) >= 11 is 0. The molecule has 3 N–H and O–H groups in total. The van der Waals surface area contributed by atoms with E-state index in [1.165, 1.54) is 0 Å². The SMILES string of the molecule is CN(C)c1ccc(NC(=O)c2cc(F)c(N)c(F)c2)cc1. The van der Waals surface area contributed by atoms with Crippen LogP contribution in [0.1, 0.15) is 10.4 Å². The molecule has 0 unspecified atom stereocenters. The second kappa shape index (κ2) is 5.78. The van der Waals surface area contributed by atoms with E-state index < -0.39 is 23.2 Å². The molecule has 0 heterocycles. The summed E-state index contributed by atoms with van der Waals surface area (Å²) in [5, 5.41) is 2.57. The number of nitrogens with zero attached hydrogens (tertiary/aromatic N) is 1. The number of halogens is 2. The van der Waals surface area contributed by atoms with Gasteiger partial charge >= 0.3 is 0 Å². The molecule has 0 bridgehead atoms. The highest BCUT2D eigenvalue weighted by molar-refractivity contribution is 6.04. The van der Waals surface area contributed by atoms with Crippen LogP contribution in [0.2, 0.25) is 0 Å². The molecule has 110 valence electrons. The molecule has 0 spiro atoms. The summed E-state index contributed by atoms with van der Waals surface area (Å²) in [6, 6.07) is 8.86. The fourth-order valence-corrected chi connectivity index (χ4v) is 1.76. The summed E-state index contributed by atoms with van der Waals surface area (Å²) in [6.45, 7) is 0. The molecule has 6 heteroatoms. The van der Waals surface area contributed by atoms with Gasteiger partial charge in [-0.25, -0.2) is 8.78 Å². The van der Waals surface area contributed by atoms with Crippen LogP contribution >= 0.6 is 0 Å². The van der Waals surface area contributed by atoms with Crippen molar-refractivity contribution in [2.45, 2.75) is 0 Å². The van der Waals surface area contributed by atoms with Gasteiger partial charge in [-0.3, -0.25) is 4.79 Å². The van der Waals surface area contributed by atoms with E-state index in [1.807, 2.05) is 31.1 Å². The van der Waals surface area contributed by atoms with Crippen LogP contribution in [0.15, 0.2) is 36.4 Å². The molecule has 21 heavy (non-hydrogen) atoms. The number of nitrogen functional groups attached to an aromatic ring is 1. The Morgan fingerprint density at radius 2 is 1.62 bits per heavy atom. The molecule has 1 amide bonds. The number of nitrogens with two attached hydrogens (primary N) is 1. The third kappa shape index (κ3) is 3.28. The van der Waals surface area contributed by atoms with E-state index in [1.54, 1.807) is 12.1 Å². The first-order valence-corrected chi connectivity index (χ1v) is 6.21. The highest BCUT2D eigenvalue weighted by Crippen LogP contribution is 2.19. The number of carbonyl (C=O) groups is 1. The molecule has 0 saturated heterocycles. The lowest BCUT2D eigenvalue weighted by Crippen LogP contribution is -2.14. The van der Waals surface area contributed by atoms with E-state index in [4.69, 9.17) is 5.73 Å². The van der Waals surface area contributed by atoms with Crippen molar-refractivity contribution in [2.75, 3.05) is 30.0 Å². The van der Waals surface area contributed by atoms with Crippen molar-refractivity contribution < 1.29 is 13.6 Å². The Kier molecular flexibility index (Phi) is 4.07. The zero-order chi connectivity index (χ0) is 15.6. The van der Waals surface area contributed by atoms with Crippen LogP contribution < -0.4 is 16.0 Å². The van der Waals surface area contributed by atoms with Gasteiger partial charge in [0, 0.05) is 31.0 Å². The molecule has 0 fully saturated rings. The van der Waals surface area contributed by atoms with E-state index in [0.717, 1.165) is 17.8 Å². The Morgan fingerprint density at radius 3 is 2.10 bits per heavy atom. The summed E-state index contributed by atoms with van der Waals surface area (Å²) in [5.74, 6) is -2.52. The molecular weight excluding hydrogens is 276 g/mol. The van der Waals surface area contributed by atoms with E-state index in [-0.39, 0.29) is 5.56 Å². The van der Waals surface area contributed by atoms with Gasteiger partial charge < -0.3 is 16.0 Å². The van der Waals surface area contributed by atoms with Gasteiger partial charge in [0.15, 0.2) is 0 Å². The standard InChI is InChI=1S/C15H15F2N3O/c1-20(2)11-5-3-10(4-6-11)19-15(21)9-7-12(16)14(18)13(17)8-9/h3-8H,18H2,1-2H3,(H,19,21). The Hall–Kier alpha value is -2.63. The van der Waals surface area contributed by atoms with Gasteiger partial charge in [-0.05, 0) is 36.4 Å². The summed E-state index contributed by atoms with van der Waals surface area (Å²) in [4.78, 5) is 13.9. The average molecular weight is 291 g/mol. The van der Waals surface area contributed by atoms with Crippen LogP contribution in [-0.2, 0) is 0 Å². The quantitative estimate of drug-likeness (QED) is 0.855. The zero-order valence-corrected chi connectivity index (χ0v) is 11.7. The fourth-order valence-electron chi connectivity index (χ4n) is 1.76. The predicted octanol–water partition coefficient (Wildman–Crippen LogP) is 2.87. The molecule has 2 aromatic carbocycles. The van der Waals surface area contributed by atoms with Crippen LogP contribution in [0.3, 0.4) is 0 Å². The van der Waals surface area contributed by atoms with Crippen LogP contribution in [-0.4, -0.2) is 20.0 Å². The van der Waals surface area contributed by atoms with Crippen molar-refractivity contribution in [2.24, 2.45) is 0 Å². The molecule has 0 aliphatic rings. The molecule has 4 nitrogen and oxygen atoms in total. The van der Waals surface area contributed by atoms with Crippen molar-refractivity contribution >= 4 is 23.0 Å². The van der Waals surface area contributed by atoms with Crippen molar-refractivity contribution in [3.8, 4) is 0 Å². The van der Waals surface area contributed by atoms with Crippen LogP contribution in [0.5, 0.6) is 0 Å². The molecule has 0 aliphatic carbocycles. The van der Waals surface area contributed by atoms with Crippen LogP contribution in [0.4, 0.5) is 25.8 Å². The minimum Gasteiger partial charge on any atom is -0.394 e. The van der Waals surface area contributed by atoms with Gasteiger partial charge in [0.1, 0.15) is 17.3 Å². The molecule has 0 atom stereocenters. The number of rotatable bonds is 3. The number of benzene rings is 2. The van der Waals surface area contributed by atoms with Gasteiger partial charge in [-0.2, -0.15) is 0 Å². The van der Waals surface area contributed by atoms with E-state index in [9.17, 15) is 13.6 Å². The first-order valence-electron chi connectivity index (χ1n) is 6.21. The Bertz CT molecular complexity index is 646. The monoisotopic (exact) mass is 291 g/mol. The normalized spacial score (nSPS) is 10.3. The van der Waals surface area contributed by atoms with Crippen molar-refractivity contribution in [1.29, 1.82) is 0 Å². The third-order valence-electron chi connectivity index (χ3n) is 2.98. The highest BCUT2D eigenvalue weighted by Gasteiger charge is 2.13. The molecule has 0 aromatic heterocycles. The predicted molar refractivity (Wildman–Crippen MR) is 79.5 cm³/mol. The summed E-state index contributed by atoms with van der Waals surface area (Å²) < 4.78 is 26.7. The number of carbonyl (C=O) groups excluding carboxylic acids is 1. The van der Waals surface area contributed by atoms with Gasteiger partial charge in [0.25, 0.3) is 5.91 Å². The molecule has 0 radical (unpaired) electrons. The van der Waals surface area contributed by atoms with Crippen molar-refractivity contribution in [3.63, 3.8) is 0 Å². The minimum absolute atomic E-state index is 0.129. The van der Waals surface area contributed by atoms with E-state index >= 15 is 0 Å². The summed E-state index contributed by atoms with van der Waals surface area (Å²) in [6.07, 6.45) is 0. The Labute approximate surface area is 121 Å². The van der Waals surface area contributed by atoms with Gasteiger partial charge in [0.2, 0.25) is 0 Å². The number of anilines is 3. The van der Waals surface area contributed by atoms with E-state index in [2.05, 4.69) is 5.32 Å². The number of hydrogen-bond donors (Lipinski definition) is 2. The number of nitrogens with one attached hydrogen (secondary N) is 1. The van der Waals surface area contributed by atoms with Gasteiger partial charge in [-0.15, -0.1) is 0 Å². The maximum atomic E-state index is 13.3. The van der Waals surface area contributed by atoms with E-state index in [0.29, 0.717) is 5.69 Å². The maximum Gasteiger partial charge on any atom is 0.255 e. The number of hydrogen-bond acceptors (Lipinski definition) is 3. The molecular formula is C15H15F2N3O. The van der Waals surface area contributed by atoms with Crippen LogP contribution in [0.25, 0.3) is 0 Å². The second-order valence-corrected chi connectivity index (χ2v) is 4.75. The molecule has 2 aromatic rings.